The molecule has 3 heteroatoms. The Labute approximate surface area is 121 Å². The van der Waals surface area contributed by atoms with E-state index in [9.17, 15) is 0 Å². The van der Waals surface area contributed by atoms with Gasteiger partial charge in [-0.25, -0.2) is 9.97 Å². The molecule has 0 aliphatic carbocycles. The highest BCUT2D eigenvalue weighted by atomic mass is 14.9. The molecule has 1 atom stereocenters. The first-order valence-electron chi connectivity index (χ1n) is 7.17. The van der Waals surface area contributed by atoms with E-state index in [0.717, 1.165) is 30.1 Å². The molecule has 1 aromatic heterocycles. The summed E-state index contributed by atoms with van der Waals surface area (Å²) in [6.07, 6.45) is 1.75. The van der Waals surface area contributed by atoms with E-state index in [1.165, 1.54) is 11.1 Å². The number of aryl methyl sites for hydroxylation is 2. The first-order chi connectivity index (χ1) is 9.60. The Bertz CT molecular complexity index is 541. The van der Waals surface area contributed by atoms with Crippen molar-refractivity contribution in [2.45, 2.75) is 33.6 Å². The lowest BCUT2D eigenvalue weighted by molar-refractivity contribution is 0.584. The number of nitrogens with two attached hydrogens (primary N) is 1. The number of rotatable bonds is 5. The maximum atomic E-state index is 5.71. The van der Waals surface area contributed by atoms with E-state index >= 15 is 0 Å². The van der Waals surface area contributed by atoms with Crippen LogP contribution in [0.15, 0.2) is 30.3 Å². The van der Waals surface area contributed by atoms with Gasteiger partial charge in [0.2, 0.25) is 0 Å². The minimum atomic E-state index is 0.468. The summed E-state index contributed by atoms with van der Waals surface area (Å²) in [5.41, 5.74) is 10.4. The molecule has 0 aliphatic heterocycles. The van der Waals surface area contributed by atoms with Gasteiger partial charge in [0.15, 0.2) is 0 Å². The van der Waals surface area contributed by atoms with Gasteiger partial charge >= 0.3 is 0 Å². The van der Waals surface area contributed by atoms with Gasteiger partial charge in [-0.15, -0.1) is 0 Å². The molecule has 1 heterocycles. The largest absolute Gasteiger partial charge is 0.330 e. The Hall–Kier alpha value is -1.74. The van der Waals surface area contributed by atoms with Crippen LogP contribution in [0, 0.1) is 19.8 Å². The van der Waals surface area contributed by atoms with Gasteiger partial charge in [0.25, 0.3) is 0 Å². The van der Waals surface area contributed by atoms with Crippen molar-refractivity contribution in [2.24, 2.45) is 11.7 Å². The molecule has 1 aromatic carbocycles. The van der Waals surface area contributed by atoms with Gasteiger partial charge in [0.1, 0.15) is 5.82 Å². The molecule has 0 spiro atoms. The van der Waals surface area contributed by atoms with Crippen LogP contribution in [-0.4, -0.2) is 16.5 Å². The van der Waals surface area contributed by atoms with E-state index in [-0.39, 0.29) is 0 Å². The molecule has 106 valence electrons. The highest BCUT2D eigenvalue weighted by Crippen LogP contribution is 2.16. The van der Waals surface area contributed by atoms with Gasteiger partial charge in [-0.2, -0.15) is 0 Å². The minimum absolute atomic E-state index is 0.468. The number of hydrogen-bond acceptors (Lipinski definition) is 3. The summed E-state index contributed by atoms with van der Waals surface area (Å²) >= 11 is 0. The molecular formula is C17H23N3. The number of benzene rings is 1. The molecule has 3 nitrogen and oxygen atoms in total. The zero-order valence-corrected chi connectivity index (χ0v) is 12.6. The third-order valence-corrected chi connectivity index (χ3v) is 3.63. The van der Waals surface area contributed by atoms with Gasteiger partial charge in [-0.3, -0.25) is 0 Å². The van der Waals surface area contributed by atoms with Crippen molar-refractivity contribution in [3.63, 3.8) is 0 Å². The van der Waals surface area contributed by atoms with Crippen molar-refractivity contribution < 1.29 is 0 Å². The Kier molecular flexibility index (Phi) is 4.85. The maximum Gasteiger partial charge on any atom is 0.133 e. The van der Waals surface area contributed by atoms with E-state index in [1.54, 1.807) is 0 Å². The average Bonchev–Trinajstić information content (AvgIpc) is 2.43. The van der Waals surface area contributed by atoms with Crippen LogP contribution in [0.25, 0.3) is 0 Å². The van der Waals surface area contributed by atoms with Crippen molar-refractivity contribution >= 4 is 0 Å². The van der Waals surface area contributed by atoms with Crippen LogP contribution in [0.5, 0.6) is 0 Å². The summed E-state index contributed by atoms with van der Waals surface area (Å²) in [5, 5.41) is 0. The molecule has 0 amide bonds. The first-order valence-corrected chi connectivity index (χ1v) is 7.17. The highest BCUT2D eigenvalue weighted by molar-refractivity contribution is 5.27. The third-order valence-electron chi connectivity index (χ3n) is 3.63. The van der Waals surface area contributed by atoms with E-state index < -0.39 is 0 Å². The second-order valence-corrected chi connectivity index (χ2v) is 5.50. The second-order valence-electron chi connectivity index (χ2n) is 5.50. The Balaban J connectivity index is 2.21. The molecule has 0 saturated carbocycles. The summed E-state index contributed by atoms with van der Waals surface area (Å²) in [5.74, 6) is 1.37. The molecule has 0 radical (unpaired) electrons. The predicted molar refractivity (Wildman–Crippen MR) is 82.7 cm³/mol. The summed E-state index contributed by atoms with van der Waals surface area (Å²) < 4.78 is 0. The van der Waals surface area contributed by atoms with E-state index in [4.69, 9.17) is 5.73 Å². The summed E-state index contributed by atoms with van der Waals surface area (Å²) in [7, 11) is 0. The first kappa shape index (κ1) is 14.7. The van der Waals surface area contributed by atoms with Gasteiger partial charge in [0.05, 0.1) is 0 Å². The number of aromatic nitrogens is 2. The predicted octanol–water partition coefficient (Wildman–Crippen LogP) is 2.82. The number of hydrogen-bond donors (Lipinski definition) is 1. The highest BCUT2D eigenvalue weighted by Gasteiger charge is 2.11. The fraction of sp³-hybridized carbons (Fsp3) is 0.412. The molecule has 0 fully saturated rings. The fourth-order valence-corrected chi connectivity index (χ4v) is 2.39. The standard InChI is InChI=1S/C17H23N3/c1-12(11-18)9-16-13(2)19-17(20-14(16)3)10-15-7-5-4-6-8-15/h4-8,12H,9-11,18H2,1-3H3. The molecule has 2 rings (SSSR count). The summed E-state index contributed by atoms with van der Waals surface area (Å²) in [6.45, 7) is 7.00. The van der Waals surface area contributed by atoms with Crippen molar-refractivity contribution in [2.75, 3.05) is 6.54 Å². The fourth-order valence-electron chi connectivity index (χ4n) is 2.39. The van der Waals surface area contributed by atoms with Crippen molar-refractivity contribution in [3.05, 3.63) is 58.7 Å². The van der Waals surface area contributed by atoms with Crippen molar-refractivity contribution in [3.8, 4) is 0 Å². The second kappa shape index (κ2) is 6.62. The van der Waals surface area contributed by atoms with Crippen LogP contribution in [0.2, 0.25) is 0 Å². The molecule has 0 aliphatic rings. The van der Waals surface area contributed by atoms with Crippen LogP contribution < -0.4 is 5.73 Å². The Morgan fingerprint density at radius 3 is 2.20 bits per heavy atom. The van der Waals surface area contributed by atoms with Crippen LogP contribution in [0.4, 0.5) is 0 Å². The molecule has 1 unspecified atom stereocenters. The van der Waals surface area contributed by atoms with Crippen LogP contribution >= 0.6 is 0 Å². The van der Waals surface area contributed by atoms with Crippen LogP contribution in [-0.2, 0) is 12.8 Å². The maximum absolute atomic E-state index is 5.71. The van der Waals surface area contributed by atoms with E-state index in [1.807, 2.05) is 18.2 Å². The SMILES string of the molecule is Cc1nc(Cc2ccccc2)nc(C)c1CC(C)CN. The Morgan fingerprint density at radius 1 is 1.05 bits per heavy atom. The van der Waals surface area contributed by atoms with Gasteiger partial charge in [-0.1, -0.05) is 37.3 Å². The summed E-state index contributed by atoms with van der Waals surface area (Å²) in [6, 6.07) is 10.3. The molecule has 0 bridgehead atoms. The molecule has 2 aromatic rings. The smallest absolute Gasteiger partial charge is 0.133 e. The molecule has 2 N–H and O–H groups in total. The van der Waals surface area contributed by atoms with Gasteiger partial charge in [-0.05, 0) is 43.9 Å². The lowest BCUT2D eigenvalue weighted by Gasteiger charge is -2.14. The lowest BCUT2D eigenvalue weighted by Crippen LogP contribution is -2.16. The Morgan fingerprint density at radius 2 is 1.65 bits per heavy atom. The quantitative estimate of drug-likeness (QED) is 0.908. The minimum Gasteiger partial charge on any atom is -0.330 e. The average molecular weight is 269 g/mol. The van der Waals surface area contributed by atoms with E-state index in [0.29, 0.717) is 12.5 Å². The van der Waals surface area contributed by atoms with Crippen LogP contribution in [0.1, 0.15) is 35.3 Å². The van der Waals surface area contributed by atoms with Crippen molar-refractivity contribution in [1.82, 2.24) is 9.97 Å². The third kappa shape index (κ3) is 3.64. The molecule has 0 saturated heterocycles. The monoisotopic (exact) mass is 269 g/mol. The molecular weight excluding hydrogens is 246 g/mol. The van der Waals surface area contributed by atoms with Crippen molar-refractivity contribution in [1.29, 1.82) is 0 Å². The van der Waals surface area contributed by atoms with Crippen LogP contribution in [0.3, 0.4) is 0 Å². The topological polar surface area (TPSA) is 51.8 Å². The van der Waals surface area contributed by atoms with E-state index in [2.05, 4.69) is 42.9 Å². The normalized spacial score (nSPS) is 12.4. The van der Waals surface area contributed by atoms with Gasteiger partial charge in [0, 0.05) is 17.8 Å². The zero-order chi connectivity index (χ0) is 14.5. The summed E-state index contributed by atoms with van der Waals surface area (Å²) in [4.78, 5) is 9.33. The number of nitrogens with zero attached hydrogens (tertiary/aromatic N) is 2. The van der Waals surface area contributed by atoms with Gasteiger partial charge < -0.3 is 5.73 Å². The lowest BCUT2D eigenvalue weighted by atomic mass is 9.99. The molecule has 20 heavy (non-hydrogen) atoms. The zero-order valence-electron chi connectivity index (χ0n) is 12.6.